The van der Waals surface area contributed by atoms with E-state index in [4.69, 9.17) is 13.7 Å². The summed E-state index contributed by atoms with van der Waals surface area (Å²) in [6.07, 6.45) is 10.9. The third-order valence-electron chi connectivity index (χ3n) is 11.4. The molecule has 38 heavy (non-hydrogen) atoms. The molecule has 0 bridgehead atoms. The highest BCUT2D eigenvalue weighted by molar-refractivity contribution is 7.86. The third-order valence-corrected chi connectivity index (χ3v) is 12.7. The van der Waals surface area contributed by atoms with Crippen LogP contribution >= 0.6 is 0 Å². The number of hydrogen-bond donors (Lipinski definition) is 1. The largest absolute Gasteiger partial charge is 0.393 e. The first-order valence-electron chi connectivity index (χ1n) is 14.7. The number of aliphatic hydroxyl groups is 1. The molecule has 6 rings (SSSR count). The van der Waals surface area contributed by atoms with Crippen molar-refractivity contribution < 1.29 is 27.2 Å². The lowest BCUT2D eigenvalue weighted by Crippen LogP contribution is -2.56. The maximum atomic E-state index is 12.7. The predicted molar refractivity (Wildman–Crippen MR) is 145 cm³/mol. The molecule has 3 saturated carbocycles. The summed E-state index contributed by atoms with van der Waals surface area (Å²) >= 11 is 0. The second-order valence-electron chi connectivity index (χ2n) is 13.2. The lowest BCUT2D eigenvalue weighted by Gasteiger charge is -2.61. The molecular formula is C31H44O6S. The van der Waals surface area contributed by atoms with Gasteiger partial charge in [0.1, 0.15) is 0 Å². The van der Waals surface area contributed by atoms with Crippen molar-refractivity contribution in [1.82, 2.24) is 0 Å². The second kappa shape index (κ2) is 9.69. The molecule has 1 spiro atoms. The first-order valence-corrected chi connectivity index (χ1v) is 16.1. The van der Waals surface area contributed by atoms with Gasteiger partial charge in [-0.2, -0.15) is 8.42 Å². The number of rotatable bonds is 6. The average Bonchev–Trinajstić information content (AvgIpc) is 3.46. The highest BCUT2D eigenvalue weighted by Gasteiger charge is 2.62. The smallest absolute Gasteiger partial charge is 0.296 e. The fraction of sp³-hybridized carbons (Fsp3) is 0.742. The molecule has 1 heterocycles. The van der Waals surface area contributed by atoms with Gasteiger partial charge in [0.05, 0.1) is 30.8 Å². The SMILES string of the molecule is Cc1ccc(S(=O)(=O)OCCCC2CC3(CC4=CC[C@H]5[C@@H]6CC[C@H](O)[C@@]6(C)CC[C@@H]5[C@]42C)OCCO3)cc1. The van der Waals surface area contributed by atoms with Crippen molar-refractivity contribution in [3.8, 4) is 0 Å². The highest BCUT2D eigenvalue weighted by atomic mass is 32.2. The van der Waals surface area contributed by atoms with Gasteiger partial charge in [-0.3, -0.25) is 4.18 Å². The van der Waals surface area contributed by atoms with Crippen LogP contribution in [0.4, 0.5) is 0 Å². The van der Waals surface area contributed by atoms with Crippen molar-refractivity contribution in [3.63, 3.8) is 0 Å². The van der Waals surface area contributed by atoms with E-state index in [0.29, 0.717) is 43.3 Å². The minimum absolute atomic E-state index is 0.0359. The van der Waals surface area contributed by atoms with Gasteiger partial charge in [-0.1, -0.05) is 43.2 Å². The lowest BCUT2D eigenvalue weighted by molar-refractivity contribution is -0.203. The zero-order valence-corrected chi connectivity index (χ0v) is 24.0. The molecule has 6 nitrogen and oxygen atoms in total. The molecule has 1 N–H and O–H groups in total. The van der Waals surface area contributed by atoms with E-state index in [2.05, 4.69) is 19.9 Å². The summed E-state index contributed by atoms with van der Waals surface area (Å²) in [6.45, 7) is 8.19. The molecule has 7 heteroatoms. The summed E-state index contributed by atoms with van der Waals surface area (Å²) in [4.78, 5) is 0.212. The number of hydrogen-bond acceptors (Lipinski definition) is 6. The Bertz CT molecular complexity index is 1170. The van der Waals surface area contributed by atoms with Crippen molar-refractivity contribution in [1.29, 1.82) is 0 Å². The quantitative estimate of drug-likeness (QED) is 0.278. The van der Waals surface area contributed by atoms with Crippen LogP contribution in [0.2, 0.25) is 0 Å². The number of fused-ring (bicyclic) bond motifs is 5. The maximum absolute atomic E-state index is 12.7. The van der Waals surface area contributed by atoms with Crippen LogP contribution in [0.5, 0.6) is 0 Å². The van der Waals surface area contributed by atoms with Gasteiger partial charge in [-0.15, -0.1) is 0 Å². The summed E-state index contributed by atoms with van der Waals surface area (Å²) in [6, 6.07) is 6.82. The number of allylic oxidation sites excluding steroid dienone is 1. The summed E-state index contributed by atoms with van der Waals surface area (Å²) in [5, 5.41) is 10.9. The first kappa shape index (κ1) is 26.9. The fourth-order valence-corrected chi connectivity index (χ4v) is 10.2. The normalized spacial score (nSPS) is 39.9. The molecule has 0 aromatic heterocycles. The number of aryl methyl sites for hydroxylation is 1. The average molecular weight is 545 g/mol. The van der Waals surface area contributed by atoms with Crippen molar-refractivity contribution in [2.24, 2.45) is 34.5 Å². The molecule has 1 aromatic rings. The molecule has 7 atom stereocenters. The van der Waals surface area contributed by atoms with Gasteiger partial charge in [0.15, 0.2) is 5.79 Å². The van der Waals surface area contributed by atoms with Crippen LogP contribution in [0.25, 0.3) is 0 Å². The van der Waals surface area contributed by atoms with E-state index in [9.17, 15) is 13.5 Å². The van der Waals surface area contributed by atoms with Gasteiger partial charge >= 0.3 is 0 Å². The van der Waals surface area contributed by atoms with Gasteiger partial charge < -0.3 is 14.6 Å². The van der Waals surface area contributed by atoms with Crippen molar-refractivity contribution in [2.75, 3.05) is 19.8 Å². The molecule has 0 amide bonds. The third kappa shape index (κ3) is 4.32. The van der Waals surface area contributed by atoms with E-state index < -0.39 is 15.9 Å². The van der Waals surface area contributed by atoms with E-state index in [1.807, 2.05) is 6.92 Å². The number of benzene rings is 1. The zero-order chi connectivity index (χ0) is 26.8. The molecule has 1 aliphatic heterocycles. The molecule has 1 saturated heterocycles. The van der Waals surface area contributed by atoms with Crippen LogP contribution in [0.1, 0.15) is 77.2 Å². The maximum Gasteiger partial charge on any atom is 0.296 e. The Kier molecular flexibility index (Phi) is 6.87. The van der Waals surface area contributed by atoms with E-state index >= 15 is 0 Å². The van der Waals surface area contributed by atoms with E-state index in [1.165, 1.54) is 5.57 Å². The molecule has 210 valence electrons. The Labute approximate surface area is 228 Å². The Balaban J connectivity index is 1.21. The Hall–Kier alpha value is -1.25. The predicted octanol–water partition coefficient (Wildman–Crippen LogP) is 5.77. The standard InChI is InChI=1S/C31H44O6S/c1-21-6-9-24(10-7-21)38(33,34)37-16-4-5-22-19-31(35-17-18-36-31)20-23-8-11-25-26-12-13-28(32)29(26,2)15-14-27(25)30(22,23)3/h6-10,22,25-28,32H,4-5,11-20H2,1-3H3/t22?,25-,26-,27-,28-,29-,30-/m0/s1. The summed E-state index contributed by atoms with van der Waals surface area (Å²) in [7, 11) is -3.77. The van der Waals surface area contributed by atoms with E-state index in [0.717, 1.165) is 56.9 Å². The van der Waals surface area contributed by atoms with Crippen LogP contribution in [-0.4, -0.2) is 45.2 Å². The van der Waals surface area contributed by atoms with Gasteiger partial charge in [0.25, 0.3) is 10.1 Å². The van der Waals surface area contributed by atoms with Crippen LogP contribution in [0.3, 0.4) is 0 Å². The number of ether oxygens (including phenoxy) is 2. The van der Waals surface area contributed by atoms with Crippen molar-refractivity contribution >= 4 is 10.1 Å². The van der Waals surface area contributed by atoms with Crippen molar-refractivity contribution in [3.05, 3.63) is 41.5 Å². The molecule has 4 aliphatic carbocycles. The highest BCUT2D eigenvalue weighted by Crippen LogP contribution is 2.67. The monoisotopic (exact) mass is 544 g/mol. The van der Waals surface area contributed by atoms with Gasteiger partial charge in [0, 0.05) is 12.8 Å². The second-order valence-corrected chi connectivity index (χ2v) is 14.8. The van der Waals surface area contributed by atoms with Gasteiger partial charge in [0.2, 0.25) is 0 Å². The lowest BCUT2D eigenvalue weighted by atomic mass is 9.45. The summed E-state index contributed by atoms with van der Waals surface area (Å²) < 4.78 is 43.5. The van der Waals surface area contributed by atoms with Crippen LogP contribution in [0, 0.1) is 41.4 Å². The van der Waals surface area contributed by atoms with E-state index in [-0.39, 0.29) is 28.4 Å². The first-order chi connectivity index (χ1) is 18.1. The Morgan fingerprint density at radius 2 is 1.79 bits per heavy atom. The van der Waals surface area contributed by atoms with Crippen molar-refractivity contribution in [2.45, 2.75) is 95.3 Å². The number of aliphatic hydroxyl groups excluding tert-OH is 1. The topological polar surface area (TPSA) is 82.1 Å². The molecule has 5 aliphatic rings. The molecular weight excluding hydrogens is 500 g/mol. The van der Waals surface area contributed by atoms with Crippen LogP contribution in [0.15, 0.2) is 40.8 Å². The van der Waals surface area contributed by atoms with Gasteiger partial charge in [-0.05, 0) is 98.5 Å². The molecule has 1 unspecified atom stereocenters. The van der Waals surface area contributed by atoms with Crippen LogP contribution < -0.4 is 0 Å². The Morgan fingerprint density at radius 3 is 2.53 bits per heavy atom. The molecule has 1 aromatic carbocycles. The minimum atomic E-state index is -3.77. The van der Waals surface area contributed by atoms with E-state index in [1.54, 1.807) is 24.3 Å². The summed E-state index contributed by atoms with van der Waals surface area (Å²) in [5.41, 5.74) is 2.58. The van der Waals surface area contributed by atoms with Crippen LogP contribution in [-0.2, 0) is 23.8 Å². The fourth-order valence-electron chi connectivity index (χ4n) is 9.24. The summed E-state index contributed by atoms with van der Waals surface area (Å²) in [5.74, 6) is 1.54. The van der Waals surface area contributed by atoms with Gasteiger partial charge in [-0.25, -0.2) is 0 Å². The minimum Gasteiger partial charge on any atom is -0.393 e. The molecule has 0 radical (unpaired) electrons. The zero-order valence-electron chi connectivity index (χ0n) is 23.2. The molecule has 4 fully saturated rings. The Morgan fingerprint density at radius 1 is 1.05 bits per heavy atom.